The molecule has 0 saturated heterocycles. The van der Waals surface area contributed by atoms with Gasteiger partial charge < -0.3 is 14.8 Å². The first-order valence-electron chi connectivity index (χ1n) is 10.2. The van der Waals surface area contributed by atoms with E-state index < -0.39 is 23.4 Å². The van der Waals surface area contributed by atoms with Crippen molar-refractivity contribution < 1.29 is 27.8 Å². The number of benzene rings is 3. The van der Waals surface area contributed by atoms with Crippen LogP contribution in [-0.4, -0.2) is 18.6 Å². The number of hydrogen-bond acceptors (Lipinski definition) is 5. The summed E-state index contributed by atoms with van der Waals surface area (Å²) < 4.78 is 38.7. The van der Waals surface area contributed by atoms with E-state index in [1.54, 1.807) is 30.3 Å². The minimum absolute atomic E-state index is 0.0224. The van der Waals surface area contributed by atoms with Gasteiger partial charge in [0.2, 0.25) is 6.79 Å². The number of fused-ring (bicyclic) bond motifs is 1. The van der Waals surface area contributed by atoms with Gasteiger partial charge in [0.1, 0.15) is 17.3 Å². The van der Waals surface area contributed by atoms with E-state index >= 15 is 0 Å². The van der Waals surface area contributed by atoms with Gasteiger partial charge in [-0.25, -0.2) is 13.7 Å². The zero-order chi connectivity index (χ0) is 23.3. The normalized spacial score (nSPS) is 15.0. The van der Waals surface area contributed by atoms with Gasteiger partial charge in [-0.15, -0.1) is 0 Å². The Labute approximate surface area is 188 Å². The minimum atomic E-state index is -1.01. The third-order valence-electron chi connectivity index (χ3n) is 5.67. The topological polar surface area (TPSA) is 67.9 Å². The van der Waals surface area contributed by atoms with Crippen molar-refractivity contribution in [3.05, 3.63) is 88.6 Å². The van der Waals surface area contributed by atoms with Gasteiger partial charge in [-0.2, -0.15) is 0 Å². The average molecular weight is 448 g/mol. The van der Waals surface area contributed by atoms with E-state index in [-0.39, 0.29) is 23.8 Å². The molecule has 2 aliphatic heterocycles. The number of aryl methyl sites for hydroxylation is 2. The first kappa shape index (κ1) is 20.7. The molecule has 0 atom stereocenters. The number of imide groups is 1. The molecule has 2 heterocycles. The smallest absolute Gasteiger partial charge is 0.282 e. The van der Waals surface area contributed by atoms with Crippen molar-refractivity contribution in [2.75, 3.05) is 17.0 Å². The first-order valence-corrected chi connectivity index (χ1v) is 10.2. The molecule has 2 aliphatic rings. The molecule has 0 aliphatic carbocycles. The predicted molar refractivity (Wildman–Crippen MR) is 118 cm³/mol. The average Bonchev–Trinajstić information content (AvgIpc) is 3.33. The number of amides is 2. The molecule has 3 aromatic carbocycles. The summed E-state index contributed by atoms with van der Waals surface area (Å²) in [5, 5.41) is 3.00. The Morgan fingerprint density at radius 3 is 2.39 bits per heavy atom. The summed E-state index contributed by atoms with van der Waals surface area (Å²) in [5.74, 6) is -2.23. The summed E-state index contributed by atoms with van der Waals surface area (Å²) in [5.41, 5.74) is 2.67. The van der Waals surface area contributed by atoms with Crippen LogP contribution in [0.1, 0.15) is 16.7 Å². The molecule has 0 aromatic heterocycles. The van der Waals surface area contributed by atoms with Crippen molar-refractivity contribution in [3.63, 3.8) is 0 Å². The lowest BCUT2D eigenvalue weighted by Gasteiger charge is -2.16. The zero-order valence-corrected chi connectivity index (χ0v) is 17.7. The molecule has 2 amide bonds. The molecule has 0 radical (unpaired) electrons. The summed E-state index contributed by atoms with van der Waals surface area (Å²) >= 11 is 0. The highest BCUT2D eigenvalue weighted by molar-refractivity contribution is 6.46. The van der Waals surface area contributed by atoms with E-state index in [1.807, 2.05) is 19.9 Å². The lowest BCUT2D eigenvalue weighted by atomic mass is 9.99. The summed E-state index contributed by atoms with van der Waals surface area (Å²) in [6, 6.07) is 13.1. The van der Waals surface area contributed by atoms with Crippen LogP contribution in [-0.2, 0) is 9.59 Å². The van der Waals surface area contributed by atoms with Crippen molar-refractivity contribution in [3.8, 4) is 11.5 Å². The van der Waals surface area contributed by atoms with Crippen molar-refractivity contribution in [1.82, 2.24) is 0 Å². The number of carbonyl (C=O) groups excluding carboxylic acids is 2. The van der Waals surface area contributed by atoms with Crippen LogP contribution in [0.25, 0.3) is 5.57 Å². The van der Waals surface area contributed by atoms with Crippen LogP contribution in [0.15, 0.2) is 60.3 Å². The molecular weight excluding hydrogens is 430 g/mol. The van der Waals surface area contributed by atoms with E-state index in [1.165, 1.54) is 0 Å². The Morgan fingerprint density at radius 2 is 1.64 bits per heavy atom. The van der Waals surface area contributed by atoms with Gasteiger partial charge in [0.15, 0.2) is 11.5 Å². The van der Waals surface area contributed by atoms with Gasteiger partial charge in [-0.05, 0) is 54.8 Å². The monoisotopic (exact) mass is 448 g/mol. The molecule has 0 saturated carbocycles. The van der Waals surface area contributed by atoms with E-state index in [9.17, 15) is 18.4 Å². The van der Waals surface area contributed by atoms with Crippen LogP contribution in [0, 0.1) is 25.5 Å². The standard InChI is InChI=1S/C25H18F2N2O4/c1-13-3-4-15(9-14(13)2)22-23(28-17-6-8-20-21(11-17)33-12-32-20)25(31)29(24(22)30)19-7-5-16(26)10-18(19)27/h3-11,28H,12H2,1-2H3. The van der Waals surface area contributed by atoms with Crippen LogP contribution >= 0.6 is 0 Å². The maximum Gasteiger partial charge on any atom is 0.282 e. The molecule has 1 N–H and O–H groups in total. The maximum atomic E-state index is 14.5. The van der Waals surface area contributed by atoms with E-state index in [0.717, 1.165) is 23.3 Å². The second-order valence-corrected chi connectivity index (χ2v) is 7.78. The van der Waals surface area contributed by atoms with Crippen LogP contribution in [0.5, 0.6) is 11.5 Å². The Morgan fingerprint density at radius 1 is 0.848 bits per heavy atom. The maximum absolute atomic E-state index is 14.5. The molecule has 0 bridgehead atoms. The third kappa shape index (κ3) is 3.49. The molecule has 166 valence electrons. The molecule has 0 spiro atoms. The van der Waals surface area contributed by atoms with Crippen molar-refractivity contribution >= 4 is 28.8 Å². The molecular formula is C25H18F2N2O4. The van der Waals surface area contributed by atoms with Crippen LogP contribution in [0.4, 0.5) is 20.2 Å². The van der Waals surface area contributed by atoms with E-state index in [2.05, 4.69) is 5.32 Å². The Hall–Kier alpha value is -4.20. The van der Waals surface area contributed by atoms with Gasteiger partial charge in [0.25, 0.3) is 11.8 Å². The second-order valence-electron chi connectivity index (χ2n) is 7.78. The van der Waals surface area contributed by atoms with Gasteiger partial charge >= 0.3 is 0 Å². The fourth-order valence-electron chi connectivity index (χ4n) is 3.81. The predicted octanol–water partition coefficient (Wildman–Crippen LogP) is 4.71. The van der Waals surface area contributed by atoms with Crippen LogP contribution in [0.2, 0.25) is 0 Å². The lowest BCUT2D eigenvalue weighted by Crippen LogP contribution is -2.33. The Bertz CT molecular complexity index is 1370. The summed E-state index contributed by atoms with van der Waals surface area (Å²) in [7, 11) is 0. The number of carbonyl (C=O) groups is 2. The number of nitrogens with zero attached hydrogens (tertiary/aromatic N) is 1. The molecule has 6 nitrogen and oxygen atoms in total. The Kier molecular flexibility index (Phi) is 4.85. The second kappa shape index (κ2) is 7.74. The highest BCUT2D eigenvalue weighted by atomic mass is 19.1. The number of anilines is 2. The number of rotatable bonds is 4. The number of nitrogens with one attached hydrogen (secondary N) is 1. The molecule has 0 unspecified atom stereocenters. The first-order chi connectivity index (χ1) is 15.8. The number of halogens is 2. The highest BCUT2D eigenvalue weighted by Crippen LogP contribution is 2.38. The largest absolute Gasteiger partial charge is 0.454 e. The van der Waals surface area contributed by atoms with Crippen LogP contribution in [0.3, 0.4) is 0 Å². The third-order valence-corrected chi connectivity index (χ3v) is 5.67. The fraction of sp³-hybridized carbons (Fsp3) is 0.120. The van der Waals surface area contributed by atoms with Gasteiger partial charge in [0, 0.05) is 17.8 Å². The van der Waals surface area contributed by atoms with Gasteiger partial charge in [-0.3, -0.25) is 9.59 Å². The summed E-state index contributed by atoms with van der Waals surface area (Å²) in [6.07, 6.45) is 0. The SMILES string of the molecule is Cc1ccc(C2=C(Nc3ccc4c(c3)OCO4)C(=O)N(c3ccc(F)cc3F)C2=O)cc1C. The lowest BCUT2D eigenvalue weighted by molar-refractivity contribution is -0.120. The highest BCUT2D eigenvalue weighted by Gasteiger charge is 2.41. The minimum Gasteiger partial charge on any atom is -0.454 e. The van der Waals surface area contributed by atoms with Crippen molar-refractivity contribution in [1.29, 1.82) is 0 Å². The molecule has 8 heteroatoms. The zero-order valence-electron chi connectivity index (χ0n) is 17.7. The molecule has 0 fully saturated rings. The fourth-order valence-corrected chi connectivity index (χ4v) is 3.81. The Balaban J connectivity index is 1.63. The number of hydrogen-bond donors (Lipinski definition) is 1. The molecule has 3 aromatic rings. The van der Waals surface area contributed by atoms with Crippen molar-refractivity contribution in [2.45, 2.75) is 13.8 Å². The van der Waals surface area contributed by atoms with Gasteiger partial charge in [-0.1, -0.05) is 18.2 Å². The molecule has 33 heavy (non-hydrogen) atoms. The van der Waals surface area contributed by atoms with Crippen molar-refractivity contribution in [2.24, 2.45) is 0 Å². The quantitative estimate of drug-likeness (QED) is 0.586. The van der Waals surface area contributed by atoms with E-state index in [0.29, 0.717) is 33.7 Å². The van der Waals surface area contributed by atoms with Gasteiger partial charge in [0.05, 0.1) is 11.3 Å². The van der Waals surface area contributed by atoms with Crippen LogP contribution < -0.4 is 19.7 Å². The summed E-state index contributed by atoms with van der Waals surface area (Å²) in [4.78, 5) is 27.6. The number of ether oxygens (including phenoxy) is 2. The molecule has 5 rings (SSSR count). The van der Waals surface area contributed by atoms with E-state index in [4.69, 9.17) is 9.47 Å². The summed E-state index contributed by atoms with van der Waals surface area (Å²) in [6.45, 7) is 3.91.